The van der Waals surface area contributed by atoms with Crippen LogP contribution in [0.3, 0.4) is 0 Å². The Morgan fingerprint density at radius 3 is 2.36 bits per heavy atom. The number of benzene rings is 1. The Hall–Kier alpha value is -2.87. The highest BCUT2D eigenvalue weighted by Crippen LogP contribution is 2.15. The number of hydrogen-bond acceptors (Lipinski definition) is 4. The van der Waals surface area contributed by atoms with Crippen molar-refractivity contribution in [1.82, 2.24) is 10.6 Å². The summed E-state index contributed by atoms with van der Waals surface area (Å²) in [5.41, 5.74) is 0.586. The highest BCUT2D eigenvalue weighted by atomic mass is 79.9. The lowest BCUT2D eigenvalue weighted by atomic mass is 10.0. The number of aliphatic carboxylic acids is 1. The van der Waals surface area contributed by atoms with Gasteiger partial charge in [0, 0.05) is 0 Å². The Morgan fingerprint density at radius 2 is 1.82 bits per heavy atom. The number of nitrogens with one attached hydrogen (secondary N) is 2. The van der Waals surface area contributed by atoms with Gasteiger partial charge in [-0.05, 0) is 52.0 Å². The van der Waals surface area contributed by atoms with Gasteiger partial charge < -0.3 is 20.2 Å². The van der Waals surface area contributed by atoms with Gasteiger partial charge in [-0.2, -0.15) is 0 Å². The van der Waals surface area contributed by atoms with Crippen molar-refractivity contribution < 1.29 is 23.9 Å². The lowest BCUT2D eigenvalue weighted by molar-refractivity contribution is -0.141. The van der Waals surface area contributed by atoms with E-state index in [2.05, 4.69) is 26.6 Å². The molecule has 0 unspecified atom stereocenters. The minimum absolute atomic E-state index is 0.00982. The molecular formula is C20H21BrN2O5. The number of halogens is 1. The highest BCUT2D eigenvalue weighted by molar-refractivity contribution is 9.10. The Kier molecular flexibility index (Phi) is 7.57. The standard InChI is InChI=1S/C20H21BrN2O5/c1-12(2)10-15(20(26)27)23-18(24)14(11-13-6-4-3-5-7-13)22-19(25)16-8-9-17(21)28-16/h3-9,11-12,15H,10H2,1-2H3,(H,22,25)(H,23,24)(H,26,27)/b14-11-/t15-/m1/s1. The first kappa shape index (κ1) is 21.4. The van der Waals surface area contributed by atoms with Crippen LogP contribution in [0.25, 0.3) is 6.08 Å². The minimum Gasteiger partial charge on any atom is -0.480 e. The van der Waals surface area contributed by atoms with Gasteiger partial charge in [-0.3, -0.25) is 9.59 Å². The van der Waals surface area contributed by atoms with E-state index in [1.54, 1.807) is 30.3 Å². The van der Waals surface area contributed by atoms with Crippen LogP contribution in [0.15, 0.2) is 57.2 Å². The fraction of sp³-hybridized carbons (Fsp3) is 0.250. The van der Waals surface area contributed by atoms with Crippen LogP contribution in [-0.2, 0) is 9.59 Å². The quantitative estimate of drug-likeness (QED) is 0.536. The Labute approximate surface area is 170 Å². The largest absolute Gasteiger partial charge is 0.480 e. The summed E-state index contributed by atoms with van der Waals surface area (Å²) in [7, 11) is 0. The fourth-order valence-corrected chi connectivity index (χ4v) is 2.73. The maximum atomic E-state index is 12.7. The molecule has 0 radical (unpaired) electrons. The summed E-state index contributed by atoms with van der Waals surface area (Å²) < 4.78 is 5.57. The Morgan fingerprint density at radius 1 is 1.14 bits per heavy atom. The number of amides is 2. The van der Waals surface area contributed by atoms with Crippen molar-refractivity contribution in [3.63, 3.8) is 0 Å². The van der Waals surface area contributed by atoms with Crippen LogP contribution in [0, 0.1) is 5.92 Å². The van der Waals surface area contributed by atoms with E-state index in [4.69, 9.17) is 4.42 Å². The van der Waals surface area contributed by atoms with Gasteiger partial charge in [-0.25, -0.2) is 4.79 Å². The smallest absolute Gasteiger partial charge is 0.326 e. The van der Waals surface area contributed by atoms with Crippen molar-refractivity contribution in [2.75, 3.05) is 0 Å². The maximum absolute atomic E-state index is 12.7. The molecule has 0 saturated carbocycles. The van der Waals surface area contributed by atoms with Crippen LogP contribution in [-0.4, -0.2) is 28.9 Å². The van der Waals surface area contributed by atoms with Crippen LogP contribution in [0.4, 0.5) is 0 Å². The highest BCUT2D eigenvalue weighted by Gasteiger charge is 2.24. The van der Waals surface area contributed by atoms with E-state index in [9.17, 15) is 19.5 Å². The third-order valence-corrected chi connectivity index (χ3v) is 4.14. The lowest BCUT2D eigenvalue weighted by Gasteiger charge is -2.18. The van der Waals surface area contributed by atoms with Crippen LogP contribution in [0.5, 0.6) is 0 Å². The van der Waals surface area contributed by atoms with Crippen LogP contribution < -0.4 is 10.6 Å². The molecule has 2 amide bonds. The van der Waals surface area contributed by atoms with E-state index in [0.717, 1.165) is 0 Å². The number of carboxylic acids is 1. The second-order valence-electron chi connectivity index (χ2n) is 6.52. The van der Waals surface area contributed by atoms with Gasteiger partial charge in [0.1, 0.15) is 11.7 Å². The number of carbonyl (C=O) groups excluding carboxylic acids is 2. The average molecular weight is 449 g/mol. The lowest BCUT2D eigenvalue weighted by Crippen LogP contribution is -2.45. The summed E-state index contributed by atoms with van der Waals surface area (Å²) >= 11 is 3.12. The minimum atomic E-state index is -1.14. The molecule has 0 bridgehead atoms. The van der Waals surface area contributed by atoms with Crippen molar-refractivity contribution in [3.8, 4) is 0 Å². The molecule has 0 aliphatic heterocycles. The van der Waals surface area contributed by atoms with E-state index >= 15 is 0 Å². The molecule has 1 heterocycles. The summed E-state index contributed by atoms with van der Waals surface area (Å²) in [5, 5.41) is 14.3. The molecule has 7 nitrogen and oxygen atoms in total. The Balaban J connectivity index is 2.27. The van der Waals surface area contributed by atoms with Gasteiger partial charge in [-0.15, -0.1) is 0 Å². The van der Waals surface area contributed by atoms with Crippen LogP contribution in [0.2, 0.25) is 0 Å². The van der Waals surface area contributed by atoms with Crippen molar-refractivity contribution in [2.45, 2.75) is 26.3 Å². The van der Waals surface area contributed by atoms with Crippen molar-refractivity contribution >= 4 is 39.8 Å². The third kappa shape index (κ3) is 6.38. The monoisotopic (exact) mass is 448 g/mol. The van der Waals surface area contributed by atoms with Gasteiger partial charge in [-0.1, -0.05) is 44.2 Å². The molecule has 8 heteroatoms. The molecule has 1 aromatic carbocycles. The molecule has 0 aliphatic rings. The van der Waals surface area contributed by atoms with E-state index < -0.39 is 23.8 Å². The summed E-state index contributed by atoms with van der Waals surface area (Å²) in [4.78, 5) is 36.6. The number of furan rings is 1. The summed E-state index contributed by atoms with van der Waals surface area (Å²) in [5.74, 6) is -2.38. The molecule has 2 aromatic rings. The normalized spacial score (nSPS) is 12.5. The molecule has 28 heavy (non-hydrogen) atoms. The predicted molar refractivity (Wildman–Crippen MR) is 107 cm³/mol. The van der Waals surface area contributed by atoms with Crippen molar-refractivity contribution in [3.05, 3.63) is 64.2 Å². The van der Waals surface area contributed by atoms with Gasteiger partial charge in [0.2, 0.25) is 0 Å². The summed E-state index contributed by atoms with van der Waals surface area (Å²) in [6.45, 7) is 3.72. The first-order valence-electron chi connectivity index (χ1n) is 8.63. The predicted octanol–water partition coefficient (Wildman–Crippen LogP) is 3.43. The van der Waals surface area contributed by atoms with Crippen LogP contribution >= 0.6 is 15.9 Å². The van der Waals surface area contributed by atoms with E-state index in [1.165, 1.54) is 12.1 Å². The molecule has 148 valence electrons. The van der Waals surface area contributed by atoms with E-state index in [0.29, 0.717) is 10.2 Å². The SMILES string of the molecule is CC(C)C[C@@H](NC(=O)/C(=C/c1ccccc1)NC(=O)c1ccc(Br)o1)C(=O)O. The van der Waals surface area contributed by atoms with Gasteiger partial charge in [0.15, 0.2) is 10.4 Å². The molecular weight excluding hydrogens is 428 g/mol. The van der Waals surface area contributed by atoms with Gasteiger partial charge in [0.05, 0.1) is 0 Å². The number of rotatable bonds is 8. The first-order chi connectivity index (χ1) is 13.3. The topological polar surface area (TPSA) is 109 Å². The molecule has 3 N–H and O–H groups in total. The molecule has 1 atom stereocenters. The molecule has 0 saturated heterocycles. The van der Waals surface area contributed by atoms with Crippen molar-refractivity contribution in [1.29, 1.82) is 0 Å². The fourth-order valence-electron chi connectivity index (χ4n) is 2.42. The molecule has 0 spiro atoms. The van der Waals surface area contributed by atoms with E-state index in [1.807, 2.05) is 19.9 Å². The summed E-state index contributed by atoms with van der Waals surface area (Å²) in [6.07, 6.45) is 1.73. The number of carboxylic acid groups (broad SMARTS) is 1. The zero-order valence-electron chi connectivity index (χ0n) is 15.4. The zero-order chi connectivity index (χ0) is 20.7. The van der Waals surface area contributed by atoms with Crippen LogP contribution in [0.1, 0.15) is 36.4 Å². The molecule has 0 fully saturated rings. The first-order valence-corrected chi connectivity index (χ1v) is 9.42. The molecule has 0 aliphatic carbocycles. The number of carbonyl (C=O) groups is 3. The van der Waals surface area contributed by atoms with E-state index in [-0.39, 0.29) is 23.8 Å². The second kappa shape index (κ2) is 9.89. The third-order valence-electron chi connectivity index (χ3n) is 3.71. The summed E-state index contributed by atoms with van der Waals surface area (Å²) in [6, 6.07) is 10.8. The Bertz CT molecular complexity index is 874. The maximum Gasteiger partial charge on any atom is 0.326 e. The van der Waals surface area contributed by atoms with Gasteiger partial charge >= 0.3 is 5.97 Å². The second-order valence-corrected chi connectivity index (χ2v) is 7.30. The zero-order valence-corrected chi connectivity index (χ0v) is 17.0. The molecule has 1 aromatic heterocycles. The average Bonchev–Trinajstić information content (AvgIpc) is 3.07. The molecule has 2 rings (SSSR count). The van der Waals surface area contributed by atoms with Gasteiger partial charge in [0.25, 0.3) is 11.8 Å². The van der Waals surface area contributed by atoms with Crippen molar-refractivity contribution in [2.24, 2.45) is 5.92 Å². The number of hydrogen-bond donors (Lipinski definition) is 3.